The predicted molar refractivity (Wildman–Crippen MR) is 135 cm³/mol. The van der Waals surface area contributed by atoms with Crippen LogP contribution in [0.25, 0.3) is 0 Å². The fraction of sp³-hybridized carbons (Fsp3) is 0.154. The number of nitrogens with one attached hydrogen (secondary N) is 3. The van der Waals surface area contributed by atoms with Crippen molar-refractivity contribution in [1.29, 1.82) is 0 Å². The number of carbonyl (C=O) groups excluding carboxylic acids is 3. The molecule has 0 heterocycles. The summed E-state index contributed by atoms with van der Waals surface area (Å²) >= 11 is 6.20. The lowest BCUT2D eigenvalue weighted by molar-refractivity contribution is -0.139. The van der Waals surface area contributed by atoms with Crippen LogP contribution in [-0.2, 0) is 11.3 Å². The van der Waals surface area contributed by atoms with Crippen LogP contribution in [0.2, 0.25) is 5.02 Å². The van der Waals surface area contributed by atoms with E-state index < -0.39 is 29.7 Å². The number of halogens is 1. The minimum Gasteiger partial charge on any atom is -0.508 e. The number of methoxy groups -OCH3 is 1. The zero-order valence-corrected chi connectivity index (χ0v) is 20.4. The van der Waals surface area contributed by atoms with Crippen molar-refractivity contribution in [2.45, 2.75) is 12.6 Å². The molecule has 10 nitrogen and oxygen atoms in total. The second-order valence-corrected chi connectivity index (χ2v) is 8.26. The molecule has 11 heteroatoms. The Kier molecular flexibility index (Phi) is 9.06. The minimum atomic E-state index is -1.43. The van der Waals surface area contributed by atoms with Gasteiger partial charge < -0.3 is 30.9 Å². The Labute approximate surface area is 217 Å². The van der Waals surface area contributed by atoms with E-state index in [0.29, 0.717) is 11.3 Å². The zero-order valence-electron chi connectivity index (χ0n) is 19.7. The molecule has 1 atom stereocenters. The summed E-state index contributed by atoms with van der Waals surface area (Å²) in [5, 5.41) is 26.4. The number of rotatable bonds is 10. The molecule has 0 saturated heterocycles. The maximum Gasteiger partial charge on any atom is 0.328 e. The third-order valence-corrected chi connectivity index (χ3v) is 5.57. The van der Waals surface area contributed by atoms with E-state index in [4.69, 9.17) is 16.3 Å². The van der Waals surface area contributed by atoms with Gasteiger partial charge in [0.05, 0.1) is 17.7 Å². The van der Waals surface area contributed by atoms with E-state index in [2.05, 4.69) is 16.0 Å². The van der Waals surface area contributed by atoms with Crippen molar-refractivity contribution in [2.24, 2.45) is 0 Å². The Hall–Kier alpha value is -4.57. The summed E-state index contributed by atoms with van der Waals surface area (Å²) in [4.78, 5) is 49.1. The summed E-state index contributed by atoms with van der Waals surface area (Å²) in [6.07, 6.45) is 0. The highest BCUT2D eigenvalue weighted by Gasteiger charge is 2.23. The second-order valence-electron chi connectivity index (χ2n) is 7.85. The van der Waals surface area contributed by atoms with Crippen LogP contribution >= 0.6 is 11.6 Å². The van der Waals surface area contributed by atoms with Crippen LogP contribution in [0.4, 0.5) is 0 Å². The topological polar surface area (TPSA) is 154 Å². The Bertz CT molecular complexity index is 1310. The molecule has 192 valence electrons. The molecule has 0 aliphatic carbocycles. The molecule has 0 aliphatic heterocycles. The summed E-state index contributed by atoms with van der Waals surface area (Å²) < 4.78 is 5.03. The Morgan fingerprint density at radius 1 is 0.892 bits per heavy atom. The van der Waals surface area contributed by atoms with E-state index in [-0.39, 0.29) is 40.6 Å². The Morgan fingerprint density at radius 3 is 2.19 bits per heavy atom. The van der Waals surface area contributed by atoms with E-state index in [9.17, 15) is 29.4 Å². The molecular formula is C26H24ClN3O7. The molecule has 0 aliphatic rings. The van der Waals surface area contributed by atoms with Crippen molar-refractivity contribution in [3.63, 3.8) is 0 Å². The number of aromatic hydroxyl groups is 1. The van der Waals surface area contributed by atoms with Gasteiger partial charge in [-0.2, -0.15) is 0 Å². The fourth-order valence-electron chi connectivity index (χ4n) is 3.27. The lowest BCUT2D eigenvalue weighted by atomic mass is 10.1. The molecule has 3 amide bonds. The number of carboxylic acid groups (broad SMARTS) is 1. The van der Waals surface area contributed by atoms with Crippen LogP contribution in [0.1, 0.15) is 36.6 Å². The van der Waals surface area contributed by atoms with Crippen molar-refractivity contribution in [2.75, 3.05) is 13.7 Å². The first-order valence-electron chi connectivity index (χ1n) is 11.0. The molecule has 3 aromatic rings. The lowest BCUT2D eigenvalue weighted by Crippen LogP contribution is -2.48. The van der Waals surface area contributed by atoms with Crippen molar-refractivity contribution in [3.05, 3.63) is 94.0 Å². The molecule has 5 N–H and O–H groups in total. The van der Waals surface area contributed by atoms with Crippen LogP contribution in [0, 0.1) is 0 Å². The molecule has 0 spiro atoms. The summed E-state index contributed by atoms with van der Waals surface area (Å²) in [6.45, 7) is -0.214. The molecule has 3 aromatic carbocycles. The molecule has 37 heavy (non-hydrogen) atoms. The van der Waals surface area contributed by atoms with Gasteiger partial charge in [0.25, 0.3) is 17.7 Å². The number of benzene rings is 3. The van der Waals surface area contributed by atoms with E-state index in [1.807, 2.05) is 0 Å². The SMILES string of the molecule is COc1ccc(C(=O)NC[C@H](NC(=O)c2ccc(C(=O)NCc3cccc(O)c3)cc2Cl)C(=O)O)cc1. The summed E-state index contributed by atoms with van der Waals surface area (Å²) in [5.41, 5.74) is 1.12. The van der Waals surface area contributed by atoms with E-state index in [1.165, 1.54) is 49.6 Å². The van der Waals surface area contributed by atoms with Crippen molar-refractivity contribution < 1.29 is 34.1 Å². The molecule has 0 unspecified atom stereocenters. The van der Waals surface area contributed by atoms with Crippen molar-refractivity contribution >= 4 is 35.3 Å². The highest BCUT2D eigenvalue weighted by Crippen LogP contribution is 2.19. The summed E-state index contributed by atoms with van der Waals surface area (Å²) in [5.74, 6) is -2.50. The molecule has 0 radical (unpaired) electrons. The van der Waals surface area contributed by atoms with Crippen LogP contribution in [0.15, 0.2) is 66.7 Å². The Balaban J connectivity index is 1.59. The zero-order chi connectivity index (χ0) is 26.9. The number of aliphatic carboxylic acids is 1. The number of hydrogen-bond donors (Lipinski definition) is 5. The van der Waals surface area contributed by atoms with Crippen LogP contribution in [-0.4, -0.2) is 53.6 Å². The molecule has 0 bridgehead atoms. The highest BCUT2D eigenvalue weighted by molar-refractivity contribution is 6.34. The molecule has 0 saturated carbocycles. The number of ether oxygens (including phenoxy) is 1. The van der Waals surface area contributed by atoms with Gasteiger partial charge in [-0.3, -0.25) is 14.4 Å². The van der Waals surface area contributed by atoms with Crippen LogP contribution in [0.3, 0.4) is 0 Å². The van der Waals surface area contributed by atoms with E-state index in [0.717, 1.165) is 0 Å². The predicted octanol–water partition coefficient (Wildman–Crippen LogP) is 2.60. The smallest absolute Gasteiger partial charge is 0.328 e. The lowest BCUT2D eigenvalue weighted by Gasteiger charge is -2.16. The number of phenols is 1. The minimum absolute atomic E-state index is 0.0427. The maximum absolute atomic E-state index is 12.7. The van der Waals surface area contributed by atoms with Gasteiger partial charge in [0, 0.05) is 24.2 Å². The first kappa shape index (κ1) is 27.0. The first-order chi connectivity index (χ1) is 17.7. The van der Waals surface area contributed by atoms with Crippen molar-refractivity contribution in [1.82, 2.24) is 16.0 Å². The van der Waals surface area contributed by atoms with Gasteiger partial charge in [-0.1, -0.05) is 23.7 Å². The molecule has 0 aromatic heterocycles. The fourth-order valence-corrected chi connectivity index (χ4v) is 3.53. The molecule has 3 rings (SSSR count). The standard InChI is InChI=1S/C26H24ClN3O7/c1-37-19-8-5-16(6-9-19)23(32)29-14-22(26(35)36)30-25(34)20-10-7-17(12-21(20)27)24(33)28-13-15-3-2-4-18(31)11-15/h2-12,22,31H,13-14H2,1H3,(H,28,33)(H,29,32)(H,30,34)(H,35,36)/t22-/m0/s1. The third kappa shape index (κ3) is 7.45. The largest absolute Gasteiger partial charge is 0.508 e. The maximum atomic E-state index is 12.7. The monoisotopic (exact) mass is 525 g/mol. The van der Waals surface area contributed by atoms with Gasteiger partial charge in [-0.25, -0.2) is 4.79 Å². The summed E-state index contributed by atoms with van der Waals surface area (Å²) in [7, 11) is 1.49. The first-order valence-corrected chi connectivity index (χ1v) is 11.4. The highest BCUT2D eigenvalue weighted by atomic mass is 35.5. The number of carbonyl (C=O) groups is 4. The van der Waals surface area contributed by atoms with Gasteiger partial charge in [-0.15, -0.1) is 0 Å². The van der Waals surface area contributed by atoms with Crippen LogP contribution in [0.5, 0.6) is 11.5 Å². The van der Waals surface area contributed by atoms with Gasteiger partial charge in [0.2, 0.25) is 0 Å². The second kappa shape index (κ2) is 12.4. The summed E-state index contributed by atoms with van der Waals surface area (Å²) in [6, 6.07) is 15.1. The molecule has 0 fully saturated rings. The van der Waals surface area contributed by atoms with Gasteiger partial charge in [0.1, 0.15) is 17.5 Å². The van der Waals surface area contributed by atoms with Gasteiger partial charge in [0.15, 0.2) is 0 Å². The number of amides is 3. The van der Waals surface area contributed by atoms with E-state index >= 15 is 0 Å². The number of hydrogen-bond acceptors (Lipinski definition) is 6. The average Bonchev–Trinajstić information content (AvgIpc) is 2.89. The number of phenolic OH excluding ortho intramolecular Hbond substituents is 1. The van der Waals surface area contributed by atoms with Gasteiger partial charge >= 0.3 is 5.97 Å². The van der Waals surface area contributed by atoms with Gasteiger partial charge in [-0.05, 0) is 60.2 Å². The third-order valence-electron chi connectivity index (χ3n) is 5.26. The van der Waals surface area contributed by atoms with E-state index in [1.54, 1.807) is 24.3 Å². The Morgan fingerprint density at radius 2 is 1.57 bits per heavy atom. The van der Waals surface area contributed by atoms with Crippen LogP contribution < -0.4 is 20.7 Å². The van der Waals surface area contributed by atoms with Crippen molar-refractivity contribution in [3.8, 4) is 11.5 Å². The average molecular weight is 526 g/mol. The molecular weight excluding hydrogens is 502 g/mol. The normalized spacial score (nSPS) is 11.2. The quantitative estimate of drug-likeness (QED) is 0.272. The number of carboxylic acids is 1.